The molecule has 164 valence electrons. The van der Waals surface area contributed by atoms with Gasteiger partial charge in [0.2, 0.25) is 0 Å². The van der Waals surface area contributed by atoms with Gasteiger partial charge >= 0.3 is 0 Å². The van der Waals surface area contributed by atoms with E-state index in [9.17, 15) is 9.59 Å². The number of ether oxygens (including phenoxy) is 3. The molecule has 1 fully saturated rings. The normalized spacial score (nSPS) is 15.1. The molecule has 0 radical (unpaired) electrons. The van der Waals surface area contributed by atoms with Crippen LogP contribution in [-0.2, 0) is 16.1 Å². The number of nitrogens with zero attached hydrogens (tertiary/aromatic N) is 1. The van der Waals surface area contributed by atoms with Crippen LogP contribution in [0.25, 0.3) is 6.08 Å². The van der Waals surface area contributed by atoms with Crippen molar-refractivity contribution < 1.29 is 23.8 Å². The third kappa shape index (κ3) is 5.90. The maximum Gasteiger partial charge on any atom is 0.293 e. The van der Waals surface area contributed by atoms with Gasteiger partial charge in [-0.05, 0) is 54.9 Å². The Morgan fingerprint density at radius 3 is 2.48 bits per heavy atom. The van der Waals surface area contributed by atoms with Crippen LogP contribution in [0, 0.1) is 6.92 Å². The highest BCUT2D eigenvalue weighted by Crippen LogP contribution is 2.38. The van der Waals surface area contributed by atoms with Crippen molar-refractivity contribution in [3.63, 3.8) is 0 Å². The number of imide groups is 1. The van der Waals surface area contributed by atoms with E-state index in [1.807, 2.05) is 44.2 Å². The molecule has 0 bridgehead atoms. The standard InChI is InChI=1S/C23H24BrNO5S/c1-4-29-19-11-17(12-21-22(26)25(9-10-28-3)23(27)31-21)18(24)13-20(19)30-14-16-7-5-15(2)6-8-16/h5-8,11-13H,4,9-10,14H2,1-3H3/b21-12+. The zero-order valence-corrected chi connectivity index (χ0v) is 20.0. The zero-order valence-electron chi connectivity index (χ0n) is 17.6. The number of carbonyl (C=O) groups is 2. The highest BCUT2D eigenvalue weighted by molar-refractivity contribution is 9.10. The van der Waals surface area contributed by atoms with Gasteiger partial charge in [-0.25, -0.2) is 0 Å². The highest BCUT2D eigenvalue weighted by atomic mass is 79.9. The first-order valence-electron chi connectivity index (χ1n) is 9.82. The SMILES string of the molecule is CCOc1cc(/C=C2/SC(=O)N(CCOC)C2=O)c(Br)cc1OCc1ccc(C)cc1. The van der Waals surface area contributed by atoms with Crippen LogP contribution in [0.15, 0.2) is 45.8 Å². The molecular formula is C23H24BrNO5S. The molecule has 6 nitrogen and oxygen atoms in total. The molecule has 1 aliphatic heterocycles. The molecule has 1 saturated heterocycles. The lowest BCUT2D eigenvalue weighted by atomic mass is 10.1. The Labute approximate surface area is 194 Å². The summed E-state index contributed by atoms with van der Waals surface area (Å²) in [5.41, 5.74) is 2.97. The average Bonchev–Trinajstić information content (AvgIpc) is 3.01. The van der Waals surface area contributed by atoms with Crippen molar-refractivity contribution in [2.45, 2.75) is 20.5 Å². The number of halogens is 1. The minimum absolute atomic E-state index is 0.232. The molecule has 0 N–H and O–H groups in total. The summed E-state index contributed by atoms with van der Waals surface area (Å²) < 4.78 is 17.5. The minimum Gasteiger partial charge on any atom is -0.490 e. The van der Waals surface area contributed by atoms with Gasteiger partial charge in [0.15, 0.2) is 11.5 Å². The van der Waals surface area contributed by atoms with E-state index in [2.05, 4.69) is 15.9 Å². The predicted molar refractivity (Wildman–Crippen MR) is 125 cm³/mol. The second-order valence-corrected chi connectivity index (χ2v) is 8.70. The van der Waals surface area contributed by atoms with Crippen LogP contribution in [0.5, 0.6) is 11.5 Å². The minimum atomic E-state index is -0.323. The lowest BCUT2D eigenvalue weighted by molar-refractivity contribution is -0.123. The molecule has 0 aromatic heterocycles. The lowest BCUT2D eigenvalue weighted by Gasteiger charge is -2.14. The number of hydrogen-bond acceptors (Lipinski definition) is 6. The molecule has 0 aliphatic carbocycles. The molecule has 0 saturated carbocycles. The number of carbonyl (C=O) groups excluding carboxylic acids is 2. The smallest absolute Gasteiger partial charge is 0.293 e. The molecule has 2 aromatic rings. The van der Waals surface area contributed by atoms with E-state index in [1.54, 1.807) is 12.1 Å². The predicted octanol–water partition coefficient (Wildman–Crippen LogP) is 5.42. The Kier molecular flexibility index (Phi) is 8.17. The van der Waals surface area contributed by atoms with E-state index >= 15 is 0 Å². The van der Waals surface area contributed by atoms with Crippen molar-refractivity contribution in [3.05, 3.63) is 62.5 Å². The molecule has 0 unspecified atom stereocenters. The summed E-state index contributed by atoms with van der Waals surface area (Å²) in [5.74, 6) is 0.846. The summed E-state index contributed by atoms with van der Waals surface area (Å²) >= 11 is 4.47. The van der Waals surface area contributed by atoms with Gasteiger partial charge in [-0.1, -0.05) is 45.8 Å². The topological polar surface area (TPSA) is 65.1 Å². The maximum absolute atomic E-state index is 12.6. The van der Waals surface area contributed by atoms with E-state index in [0.29, 0.717) is 36.2 Å². The summed E-state index contributed by atoms with van der Waals surface area (Å²) in [6.45, 7) is 5.35. The molecule has 0 atom stereocenters. The Morgan fingerprint density at radius 1 is 1.10 bits per heavy atom. The maximum atomic E-state index is 12.6. The summed E-state index contributed by atoms with van der Waals surface area (Å²) in [6.07, 6.45) is 1.69. The van der Waals surface area contributed by atoms with Gasteiger partial charge in [0.1, 0.15) is 6.61 Å². The van der Waals surface area contributed by atoms with Gasteiger partial charge in [-0.15, -0.1) is 0 Å². The van der Waals surface area contributed by atoms with Crippen LogP contribution in [0.4, 0.5) is 4.79 Å². The Hall–Kier alpha value is -2.29. The Bertz CT molecular complexity index is 990. The van der Waals surface area contributed by atoms with Crippen LogP contribution in [-0.4, -0.2) is 42.9 Å². The number of thioether (sulfide) groups is 1. The van der Waals surface area contributed by atoms with Crippen molar-refractivity contribution in [3.8, 4) is 11.5 Å². The molecule has 31 heavy (non-hydrogen) atoms. The molecule has 8 heteroatoms. The summed E-state index contributed by atoms with van der Waals surface area (Å²) in [7, 11) is 1.53. The van der Waals surface area contributed by atoms with Gasteiger partial charge in [0, 0.05) is 11.6 Å². The first-order valence-corrected chi connectivity index (χ1v) is 11.4. The molecule has 1 heterocycles. The van der Waals surface area contributed by atoms with E-state index < -0.39 is 0 Å². The van der Waals surface area contributed by atoms with E-state index in [4.69, 9.17) is 14.2 Å². The lowest BCUT2D eigenvalue weighted by Crippen LogP contribution is -2.31. The molecule has 2 amide bonds. The fourth-order valence-corrected chi connectivity index (χ4v) is 4.20. The number of benzene rings is 2. The monoisotopic (exact) mass is 505 g/mol. The van der Waals surface area contributed by atoms with Crippen LogP contribution < -0.4 is 9.47 Å². The van der Waals surface area contributed by atoms with Crippen molar-refractivity contribution in [2.75, 3.05) is 26.9 Å². The van der Waals surface area contributed by atoms with Crippen LogP contribution >= 0.6 is 27.7 Å². The van der Waals surface area contributed by atoms with Gasteiger partial charge in [0.25, 0.3) is 11.1 Å². The molecule has 1 aliphatic rings. The third-order valence-electron chi connectivity index (χ3n) is 4.56. The largest absolute Gasteiger partial charge is 0.490 e. The summed E-state index contributed by atoms with van der Waals surface area (Å²) in [4.78, 5) is 26.3. The number of amides is 2. The molecule has 2 aromatic carbocycles. The second kappa shape index (κ2) is 10.8. The Balaban J connectivity index is 1.82. The average molecular weight is 506 g/mol. The summed E-state index contributed by atoms with van der Waals surface area (Å²) in [6, 6.07) is 11.8. The van der Waals surface area contributed by atoms with E-state index in [0.717, 1.165) is 27.4 Å². The van der Waals surface area contributed by atoms with Gasteiger partial charge in [-0.2, -0.15) is 0 Å². The number of aryl methyl sites for hydroxylation is 1. The second-order valence-electron chi connectivity index (χ2n) is 6.85. The van der Waals surface area contributed by atoms with E-state index in [1.165, 1.54) is 17.6 Å². The van der Waals surface area contributed by atoms with Crippen LogP contribution in [0.1, 0.15) is 23.6 Å². The summed E-state index contributed by atoms with van der Waals surface area (Å²) in [5, 5.41) is -0.299. The van der Waals surface area contributed by atoms with Crippen LogP contribution in [0.2, 0.25) is 0 Å². The van der Waals surface area contributed by atoms with Gasteiger partial charge in [-0.3, -0.25) is 14.5 Å². The zero-order chi connectivity index (χ0) is 22.4. The van der Waals surface area contributed by atoms with E-state index in [-0.39, 0.29) is 17.7 Å². The van der Waals surface area contributed by atoms with Crippen molar-refractivity contribution in [1.29, 1.82) is 0 Å². The van der Waals surface area contributed by atoms with Crippen molar-refractivity contribution in [2.24, 2.45) is 0 Å². The molecule has 3 rings (SSSR count). The van der Waals surface area contributed by atoms with Crippen LogP contribution in [0.3, 0.4) is 0 Å². The third-order valence-corrected chi connectivity index (χ3v) is 6.15. The molecule has 0 spiro atoms. The quantitative estimate of drug-likeness (QED) is 0.424. The van der Waals surface area contributed by atoms with Crippen molar-refractivity contribution >= 4 is 44.9 Å². The van der Waals surface area contributed by atoms with Gasteiger partial charge < -0.3 is 14.2 Å². The number of methoxy groups -OCH3 is 1. The highest BCUT2D eigenvalue weighted by Gasteiger charge is 2.34. The van der Waals surface area contributed by atoms with Gasteiger partial charge in [0.05, 0.1) is 24.7 Å². The first-order chi connectivity index (χ1) is 14.9. The van der Waals surface area contributed by atoms with Crippen molar-refractivity contribution in [1.82, 2.24) is 4.90 Å². The Morgan fingerprint density at radius 2 is 1.81 bits per heavy atom. The fourth-order valence-electron chi connectivity index (χ4n) is 2.90. The number of rotatable bonds is 9. The molecular weight excluding hydrogens is 482 g/mol. The fraction of sp³-hybridized carbons (Fsp3) is 0.304. The first kappa shape index (κ1) is 23.4. The number of hydrogen-bond donors (Lipinski definition) is 0.